The lowest BCUT2D eigenvalue weighted by molar-refractivity contribution is -0.152. The molecule has 3 nitrogen and oxygen atoms in total. The Kier molecular flexibility index (Phi) is 4.84. The molecule has 2 N–H and O–H groups in total. The molecular formula is C14H25NO2. The zero-order valence-corrected chi connectivity index (χ0v) is 10.7. The molecule has 0 heterocycles. The quantitative estimate of drug-likeness (QED) is 0.770. The minimum Gasteiger partial charge on any atom is -0.465 e. The molecule has 98 valence electrons. The fourth-order valence-corrected chi connectivity index (χ4v) is 3.11. The van der Waals surface area contributed by atoms with Crippen molar-refractivity contribution in [3.8, 4) is 0 Å². The first-order valence-corrected chi connectivity index (χ1v) is 7.19. The first-order valence-electron chi connectivity index (χ1n) is 7.19. The first-order chi connectivity index (χ1) is 8.27. The average Bonchev–Trinajstić information content (AvgIpc) is 2.38. The summed E-state index contributed by atoms with van der Waals surface area (Å²) in [7, 11) is 0. The molecular weight excluding hydrogens is 214 g/mol. The molecule has 3 heteroatoms. The number of rotatable bonds is 3. The van der Waals surface area contributed by atoms with Gasteiger partial charge in [0.25, 0.3) is 0 Å². The van der Waals surface area contributed by atoms with Gasteiger partial charge in [-0.05, 0) is 31.6 Å². The molecule has 2 unspecified atom stereocenters. The van der Waals surface area contributed by atoms with E-state index in [0.717, 1.165) is 25.7 Å². The molecule has 0 aromatic carbocycles. The molecule has 2 saturated carbocycles. The second-order valence-electron chi connectivity index (χ2n) is 5.69. The zero-order chi connectivity index (χ0) is 12.1. The van der Waals surface area contributed by atoms with Crippen LogP contribution in [0.3, 0.4) is 0 Å². The van der Waals surface area contributed by atoms with E-state index in [1.54, 1.807) is 0 Å². The van der Waals surface area contributed by atoms with Gasteiger partial charge in [0.1, 0.15) is 0 Å². The molecule has 2 rings (SSSR count). The van der Waals surface area contributed by atoms with Gasteiger partial charge in [-0.3, -0.25) is 4.79 Å². The highest BCUT2D eigenvalue weighted by molar-refractivity contribution is 5.73. The third kappa shape index (κ3) is 3.70. The summed E-state index contributed by atoms with van der Waals surface area (Å²) in [6.07, 6.45) is 10.6. The van der Waals surface area contributed by atoms with Crippen molar-refractivity contribution in [3.05, 3.63) is 0 Å². The molecule has 0 amide bonds. The molecule has 17 heavy (non-hydrogen) atoms. The normalized spacial score (nSPS) is 31.1. The molecule has 2 aliphatic carbocycles. The number of esters is 1. The Morgan fingerprint density at radius 1 is 1.00 bits per heavy atom. The lowest BCUT2D eigenvalue weighted by Crippen LogP contribution is -2.39. The van der Waals surface area contributed by atoms with E-state index in [4.69, 9.17) is 10.5 Å². The van der Waals surface area contributed by atoms with Crippen molar-refractivity contribution >= 4 is 5.97 Å². The maximum Gasteiger partial charge on any atom is 0.310 e. The Labute approximate surface area is 104 Å². The van der Waals surface area contributed by atoms with Crippen molar-refractivity contribution in [2.75, 3.05) is 6.61 Å². The standard InChI is InChI=1S/C14H25NO2/c15-13-9-5-4-8-12(13)14(16)17-10-11-6-2-1-3-7-11/h11-13H,1-10,15H2. The number of carbonyl (C=O) groups is 1. The van der Waals surface area contributed by atoms with Gasteiger partial charge in [0.2, 0.25) is 0 Å². The van der Waals surface area contributed by atoms with E-state index in [1.807, 2.05) is 0 Å². The van der Waals surface area contributed by atoms with Gasteiger partial charge in [0.05, 0.1) is 12.5 Å². The van der Waals surface area contributed by atoms with Crippen molar-refractivity contribution in [1.82, 2.24) is 0 Å². The predicted molar refractivity (Wildman–Crippen MR) is 67.5 cm³/mol. The summed E-state index contributed by atoms with van der Waals surface area (Å²) in [6, 6.07) is 0.0302. The molecule has 0 aliphatic heterocycles. The van der Waals surface area contributed by atoms with E-state index in [-0.39, 0.29) is 17.9 Å². The summed E-state index contributed by atoms with van der Waals surface area (Å²) >= 11 is 0. The van der Waals surface area contributed by atoms with Crippen molar-refractivity contribution < 1.29 is 9.53 Å². The van der Waals surface area contributed by atoms with Gasteiger partial charge >= 0.3 is 5.97 Å². The van der Waals surface area contributed by atoms with Crippen LogP contribution in [0.5, 0.6) is 0 Å². The zero-order valence-electron chi connectivity index (χ0n) is 10.7. The van der Waals surface area contributed by atoms with Crippen molar-refractivity contribution in [2.45, 2.75) is 63.8 Å². The Morgan fingerprint density at radius 2 is 1.65 bits per heavy atom. The van der Waals surface area contributed by atoms with Gasteiger partial charge in [0, 0.05) is 6.04 Å². The van der Waals surface area contributed by atoms with Gasteiger partial charge in [-0.25, -0.2) is 0 Å². The minimum absolute atomic E-state index is 0.0302. The summed E-state index contributed by atoms with van der Waals surface area (Å²) in [5.41, 5.74) is 5.99. The number of hydrogen-bond donors (Lipinski definition) is 1. The van der Waals surface area contributed by atoms with Crippen LogP contribution in [0.4, 0.5) is 0 Å². The molecule has 0 bridgehead atoms. The minimum atomic E-state index is -0.0391. The lowest BCUT2D eigenvalue weighted by atomic mass is 9.85. The Bertz CT molecular complexity index is 249. The molecule has 0 radical (unpaired) electrons. The highest BCUT2D eigenvalue weighted by Crippen LogP contribution is 2.26. The average molecular weight is 239 g/mol. The van der Waals surface area contributed by atoms with E-state index in [2.05, 4.69) is 0 Å². The van der Waals surface area contributed by atoms with Crippen molar-refractivity contribution in [1.29, 1.82) is 0 Å². The maximum absolute atomic E-state index is 11.9. The van der Waals surface area contributed by atoms with Crippen molar-refractivity contribution in [2.24, 2.45) is 17.6 Å². The Hall–Kier alpha value is -0.570. The van der Waals surface area contributed by atoms with Gasteiger partial charge in [-0.2, -0.15) is 0 Å². The van der Waals surface area contributed by atoms with Crippen LogP contribution in [0.1, 0.15) is 57.8 Å². The number of nitrogens with two attached hydrogens (primary N) is 1. The molecule has 0 saturated heterocycles. The molecule has 0 spiro atoms. The van der Waals surface area contributed by atoms with Crippen LogP contribution in [0.2, 0.25) is 0 Å². The summed E-state index contributed by atoms with van der Waals surface area (Å²) in [4.78, 5) is 11.9. The van der Waals surface area contributed by atoms with E-state index < -0.39 is 0 Å². The largest absolute Gasteiger partial charge is 0.465 e. The smallest absolute Gasteiger partial charge is 0.310 e. The Morgan fingerprint density at radius 3 is 2.35 bits per heavy atom. The Balaban J connectivity index is 1.72. The van der Waals surface area contributed by atoms with Gasteiger partial charge < -0.3 is 10.5 Å². The van der Waals surface area contributed by atoms with Crippen LogP contribution in [-0.2, 0) is 9.53 Å². The van der Waals surface area contributed by atoms with Crippen LogP contribution in [0, 0.1) is 11.8 Å². The highest BCUT2D eigenvalue weighted by atomic mass is 16.5. The summed E-state index contributed by atoms with van der Waals surface area (Å²) in [5, 5.41) is 0. The monoisotopic (exact) mass is 239 g/mol. The maximum atomic E-state index is 11.9. The second kappa shape index (κ2) is 6.39. The van der Waals surface area contributed by atoms with Gasteiger partial charge in [-0.15, -0.1) is 0 Å². The van der Waals surface area contributed by atoms with Crippen LogP contribution in [0.25, 0.3) is 0 Å². The highest BCUT2D eigenvalue weighted by Gasteiger charge is 2.30. The second-order valence-corrected chi connectivity index (χ2v) is 5.69. The molecule has 2 aliphatic rings. The molecule has 2 fully saturated rings. The third-order valence-corrected chi connectivity index (χ3v) is 4.31. The van der Waals surface area contributed by atoms with E-state index in [0.29, 0.717) is 12.5 Å². The van der Waals surface area contributed by atoms with E-state index in [1.165, 1.54) is 32.1 Å². The van der Waals surface area contributed by atoms with Gasteiger partial charge in [-0.1, -0.05) is 32.1 Å². The molecule has 0 aromatic heterocycles. The van der Waals surface area contributed by atoms with Crippen LogP contribution in [0.15, 0.2) is 0 Å². The summed E-state index contributed by atoms with van der Waals surface area (Å²) in [6.45, 7) is 0.627. The van der Waals surface area contributed by atoms with Crippen LogP contribution >= 0.6 is 0 Å². The number of ether oxygens (including phenoxy) is 1. The summed E-state index contributed by atoms with van der Waals surface area (Å²) in [5.74, 6) is 0.530. The van der Waals surface area contributed by atoms with Gasteiger partial charge in [0.15, 0.2) is 0 Å². The number of carbonyl (C=O) groups excluding carboxylic acids is 1. The molecule has 2 atom stereocenters. The van der Waals surface area contributed by atoms with E-state index >= 15 is 0 Å². The fraction of sp³-hybridized carbons (Fsp3) is 0.929. The van der Waals surface area contributed by atoms with Crippen molar-refractivity contribution in [3.63, 3.8) is 0 Å². The SMILES string of the molecule is NC1CCCCC1C(=O)OCC1CCCCC1. The number of hydrogen-bond acceptors (Lipinski definition) is 3. The third-order valence-electron chi connectivity index (χ3n) is 4.31. The fourth-order valence-electron chi connectivity index (χ4n) is 3.11. The van der Waals surface area contributed by atoms with Crippen LogP contribution < -0.4 is 5.73 Å². The summed E-state index contributed by atoms with van der Waals surface area (Å²) < 4.78 is 5.47. The molecule has 0 aromatic rings. The topological polar surface area (TPSA) is 52.3 Å². The lowest BCUT2D eigenvalue weighted by Gasteiger charge is -2.28. The first kappa shape index (κ1) is 12.9. The van der Waals surface area contributed by atoms with E-state index in [9.17, 15) is 4.79 Å². The van der Waals surface area contributed by atoms with Crippen LogP contribution in [-0.4, -0.2) is 18.6 Å². The predicted octanol–water partition coefficient (Wildman–Crippen LogP) is 2.63.